The molecule has 2 aromatic heterocycles. The molecule has 1 atom stereocenters. The average molecular weight is 354 g/mol. The number of anilines is 1. The third-order valence-corrected chi connectivity index (χ3v) is 4.63. The van der Waals surface area contributed by atoms with Crippen molar-refractivity contribution in [2.24, 2.45) is 0 Å². The lowest BCUT2D eigenvalue weighted by atomic mass is 9.82. The van der Waals surface area contributed by atoms with E-state index in [2.05, 4.69) is 15.3 Å². The van der Waals surface area contributed by atoms with E-state index < -0.39 is 0 Å². The lowest BCUT2D eigenvalue weighted by Gasteiger charge is -2.23. The van der Waals surface area contributed by atoms with Gasteiger partial charge in [-0.3, -0.25) is 4.79 Å². The smallest absolute Gasteiger partial charge is 0.223 e. The summed E-state index contributed by atoms with van der Waals surface area (Å²) in [5.41, 5.74) is 2.51. The van der Waals surface area contributed by atoms with Gasteiger partial charge in [0.05, 0.1) is 24.1 Å². The summed E-state index contributed by atoms with van der Waals surface area (Å²) in [6, 6.07) is 11.4. The zero-order valence-electron chi connectivity index (χ0n) is 13.4. The van der Waals surface area contributed by atoms with E-state index in [1.165, 1.54) is 0 Å². The lowest BCUT2D eigenvalue weighted by Crippen LogP contribution is -2.21. The number of hydrogen-bond donors (Lipinski definition) is 1. The molecule has 4 rings (SSSR count). The second-order valence-electron chi connectivity index (χ2n) is 6.07. The van der Waals surface area contributed by atoms with Crippen molar-refractivity contribution in [3.8, 4) is 0 Å². The molecule has 6 heteroatoms. The Kier molecular flexibility index (Phi) is 4.24. The predicted octanol–water partition coefficient (Wildman–Crippen LogP) is 4.25. The number of rotatable bonds is 4. The molecule has 1 unspecified atom stereocenters. The monoisotopic (exact) mass is 353 g/mol. The zero-order valence-corrected chi connectivity index (χ0v) is 14.2. The number of nitrogens with one attached hydrogen (secondary N) is 1. The first kappa shape index (κ1) is 15.8. The summed E-state index contributed by atoms with van der Waals surface area (Å²) in [7, 11) is 0. The van der Waals surface area contributed by atoms with Crippen LogP contribution in [0.15, 0.2) is 53.3 Å². The molecule has 1 aromatic carbocycles. The van der Waals surface area contributed by atoms with Gasteiger partial charge in [0.15, 0.2) is 5.78 Å². The second kappa shape index (κ2) is 6.69. The number of furan rings is 1. The van der Waals surface area contributed by atoms with Crippen LogP contribution in [-0.4, -0.2) is 15.8 Å². The first-order valence-corrected chi connectivity index (χ1v) is 8.47. The lowest BCUT2D eigenvalue weighted by molar-refractivity contribution is 0.0962. The molecular formula is C19H16ClN3O2. The molecule has 0 spiro atoms. The molecule has 1 aliphatic carbocycles. The maximum Gasteiger partial charge on any atom is 0.223 e. The first-order valence-electron chi connectivity index (χ1n) is 8.10. The van der Waals surface area contributed by atoms with Crippen molar-refractivity contribution in [3.63, 3.8) is 0 Å². The summed E-state index contributed by atoms with van der Waals surface area (Å²) >= 11 is 5.95. The summed E-state index contributed by atoms with van der Waals surface area (Å²) in [6.07, 6.45) is 4.42. The van der Waals surface area contributed by atoms with Crippen LogP contribution in [0, 0.1) is 0 Å². The third kappa shape index (κ3) is 3.42. The Labute approximate surface area is 150 Å². The van der Waals surface area contributed by atoms with E-state index >= 15 is 0 Å². The van der Waals surface area contributed by atoms with Crippen LogP contribution in [0.2, 0.25) is 5.02 Å². The van der Waals surface area contributed by atoms with Crippen LogP contribution in [0.3, 0.4) is 0 Å². The number of hydrogen-bond acceptors (Lipinski definition) is 5. The number of fused-ring (bicyclic) bond motifs is 1. The highest BCUT2D eigenvalue weighted by Gasteiger charge is 2.28. The van der Waals surface area contributed by atoms with Crippen molar-refractivity contribution in [2.75, 3.05) is 5.32 Å². The second-order valence-corrected chi connectivity index (χ2v) is 6.50. The molecular weight excluding hydrogens is 338 g/mol. The van der Waals surface area contributed by atoms with Gasteiger partial charge in [-0.05, 0) is 42.2 Å². The van der Waals surface area contributed by atoms with Gasteiger partial charge >= 0.3 is 0 Å². The summed E-state index contributed by atoms with van der Waals surface area (Å²) in [5.74, 6) is 1.50. The first-order chi connectivity index (χ1) is 12.2. The fourth-order valence-electron chi connectivity index (χ4n) is 3.08. The Bertz CT molecular complexity index is 892. The van der Waals surface area contributed by atoms with Crippen molar-refractivity contribution in [1.82, 2.24) is 9.97 Å². The SMILES string of the molecule is O=C1CC(c2ccc(Cl)cc2)Cc2nc(NCc3ccco3)ncc21. The van der Waals surface area contributed by atoms with E-state index in [4.69, 9.17) is 16.0 Å². The Morgan fingerprint density at radius 2 is 2.04 bits per heavy atom. The van der Waals surface area contributed by atoms with Crippen molar-refractivity contribution in [1.29, 1.82) is 0 Å². The minimum atomic E-state index is 0.0822. The fraction of sp³-hybridized carbons (Fsp3) is 0.211. The summed E-state index contributed by atoms with van der Waals surface area (Å²) in [6.45, 7) is 0.500. The van der Waals surface area contributed by atoms with Gasteiger partial charge in [0.25, 0.3) is 0 Å². The summed E-state index contributed by atoms with van der Waals surface area (Å²) in [5, 5.41) is 3.82. The number of halogens is 1. The molecule has 0 radical (unpaired) electrons. The average Bonchev–Trinajstić information content (AvgIpc) is 3.14. The van der Waals surface area contributed by atoms with Crippen LogP contribution in [0.4, 0.5) is 5.95 Å². The van der Waals surface area contributed by atoms with Crippen molar-refractivity contribution < 1.29 is 9.21 Å². The molecule has 1 aliphatic rings. The molecule has 0 bridgehead atoms. The standard InChI is InChI=1S/C19H16ClN3O2/c20-14-5-3-12(4-6-14)13-8-17-16(18(24)9-13)11-22-19(23-17)21-10-15-2-1-7-25-15/h1-7,11,13H,8-10H2,(H,21,22,23). The van der Waals surface area contributed by atoms with E-state index in [0.717, 1.165) is 17.0 Å². The zero-order chi connectivity index (χ0) is 17.2. The van der Waals surface area contributed by atoms with E-state index in [9.17, 15) is 4.79 Å². The van der Waals surface area contributed by atoms with Crippen LogP contribution >= 0.6 is 11.6 Å². The molecule has 0 aliphatic heterocycles. The largest absolute Gasteiger partial charge is 0.467 e. The van der Waals surface area contributed by atoms with Crippen molar-refractivity contribution in [2.45, 2.75) is 25.3 Å². The highest BCUT2D eigenvalue weighted by Crippen LogP contribution is 2.32. The van der Waals surface area contributed by atoms with Gasteiger partial charge in [0.2, 0.25) is 5.95 Å². The van der Waals surface area contributed by atoms with Gasteiger partial charge < -0.3 is 9.73 Å². The van der Waals surface area contributed by atoms with Gasteiger partial charge in [0.1, 0.15) is 5.76 Å². The van der Waals surface area contributed by atoms with Gasteiger partial charge in [-0.15, -0.1) is 0 Å². The number of carbonyl (C=O) groups excluding carboxylic acids is 1. The molecule has 2 heterocycles. The topological polar surface area (TPSA) is 68.0 Å². The molecule has 0 amide bonds. The number of ketones is 1. The Morgan fingerprint density at radius 3 is 2.80 bits per heavy atom. The molecule has 0 saturated carbocycles. The van der Waals surface area contributed by atoms with Crippen LogP contribution in [0.5, 0.6) is 0 Å². The summed E-state index contributed by atoms with van der Waals surface area (Å²) < 4.78 is 5.29. The highest BCUT2D eigenvalue weighted by molar-refractivity contribution is 6.30. The van der Waals surface area contributed by atoms with Crippen LogP contribution < -0.4 is 5.32 Å². The normalized spacial score (nSPS) is 16.5. The van der Waals surface area contributed by atoms with Gasteiger partial charge in [-0.1, -0.05) is 23.7 Å². The molecule has 0 fully saturated rings. The van der Waals surface area contributed by atoms with Crippen LogP contribution in [-0.2, 0) is 13.0 Å². The molecule has 0 saturated heterocycles. The van der Waals surface area contributed by atoms with E-state index in [0.29, 0.717) is 35.9 Å². The van der Waals surface area contributed by atoms with E-state index in [-0.39, 0.29) is 11.7 Å². The Hall–Kier alpha value is -2.66. The number of nitrogens with zero attached hydrogens (tertiary/aromatic N) is 2. The van der Waals surface area contributed by atoms with Crippen LogP contribution in [0.1, 0.15) is 39.7 Å². The van der Waals surface area contributed by atoms with E-state index in [1.807, 2.05) is 36.4 Å². The Balaban J connectivity index is 1.55. The minimum absolute atomic E-state index is 0.0822. The van der Waals surface area contributed by atoms with Gasteiger partial charge in [-0.25, -0.2) is 9.97 Å². The minimum Gasteiger partial charge on any atom is -0.467 e. The van der Waals surface area contributed by atoms with Gasteiger partial charge in [0, 0.05) is 17.6 Å². The maximum absolute atomic E-state index is 12.5. The molecule has 1 N–H and O–H groups in total. The van der Waals surface area contributed by atoms with E-state index in [1.54, 1.807) is 12.5 Å². The summed E-state index contributed by atoms with van der Waals surface area (Å²) in [4.78, 5) is 21.2. The maximum atomic E-state index is 12.5. The number of benzene rings is 1. The Morgan fingerprint density at radius 1 is 1.20 bits per heavy atom. The predicted molar refractivity (Wildman–Crippen MR) is 94.9 cm³/mol. The molecule has 126 valence electrons. The highest BCUT2D eigenvalue weighted by atomic mass is 35.5. The molecule has 3 aromatic rings. The number of carbonyl (C=O) groups is 1. The van der Waals surface area contributed by atoms with Crippen LogP contribution in [0.25, 0.3) is 0 Å². The van der Waals surface area contributed by atoms with Crippen molar-refractivity contribution in [3.05, 3.63) is 76.5 Å². The quantitative estimate of drug-likeness (QED) is 0.759. The van der Waals surface area contributed by atoms with Crippen molar-refractivity contribution >= 4 is 23.3 Å². The third-order valence-electron chi connectivity index (χ3n) is 4.38. The number of Topliss-reactive ketones (excluding diaryl/α,β-unsaturated/α-hetero) is 1. The number of aromatic nitrogens is 2. The van der Waals surface area contributed by atoms with Gasteiger partial charge in [-0.2, -0.15) is 0 Å². The molecule has 5 nitrogen and oxygen atoms in total. The fourth-order valence-corrected chi connectivity index (χ4v) is 3.21. The molecule has 25 heavy (non-hydrogen) atoms.